The van der Waals surface area contributed by atoms with Gasteiger partial charge in [-0.15, -0.1) is 11.3 Å². The number of aromatic amines is 1. The third-order valence-electron chi connectivity index (χ3n) is 5.20. The fraction of sp³-hybridized carbons (Fsp3) is 0.381. The number of piperidine rings is 1. The molecular weight excluding hydrogens is 386 g/mol. The number of carbonyl (C=O) groups excluding carboxylic acids is 1. The molecular formula is C21H25N5O2S. The molecule has 1 saturated heterocycles. The molecule has 3 heterocycles. The van der Waals surface area contributed by atoms with Crippen LogP contribution in [0.4, 0.5) is 10.8 Å². The van der Waals surface area contributed by atoms with E-state index >= 15 is 0 Å². The number of benzene rings is 1. The van der Waals surface area contributed by atoms with Crippen LogP contribution in [0.5, 0.6) is 5.75 Å². The van der Waals surface area contributed by atoms with Crippen molar-refractivity contribution in [1.82, 2.24) is 19.9 Å². The molecule has 1 fully saturated rings. The first-order chi connectivity index (χ1) is 14.2. The monoisotopic (exact) mass is 411 g/mol. The number of nitrogens with one attached hydrogen (secondary N) is 2. The van der Waals surface area contributed by atoms with Crippen LogP contribution in [0.25, 0.3) is 11.4 Å². The maximum Gasteiger partial charge on any atom is 0.187 e. The molecule has 0 saturated carbocycles. The molecule has 4 rings (SSSR count). The number of H-pyrrole nitrogens is 1. The van der Waals surface area contributed by atoms with E-state index in [1.165, 1.54) is 6.42 Å². The molecule has 2 N–H and O–H groups in total. The minimum atomic E-state index is 0.222. The summed E-state index contributed by atoms with van der Waals surface area (Å²) >= 11 is 1.58. The van der Waals surface area contributed by atoms with E-state index < -0.39 is 0 Å². The second-order valence-electron chi connectivity index (χ2n) is 7.18. The number of hydrogen-bond acceptors (Lipinski definition) is 7. The SMILES string of the molecule is COc1cc(Nc2nc(C3CCCCN3CC=O)cs2)ccc1-c1nc(C)c[nH]1. The van der Waals surface area contributed by atoms with Gasteiger partial charge in [0.25, 0.3) is 0 Å². The summed E-state index contributed by atoms with van der Waals surface area (Å²) in [5.74, 6) is 1.53. The first kappa shape index (κ1) is 19.6. The second kappa shape index (κ2) is 8.75. The van der Waals surface area contributed by atoms with Crippen LogP contribution in [-0.2, 0) is 4.79 Å². The second-order valence-corrected chi connectivity index (χ2v) is 8.04. The van der Waals surface area contributed by atoms with E-state index in [2.05, 4.69) is 25.6 Å². The zero-order valence-electron chi connectivity index (χ0n) is 16.6. The van der Waals surface area contributed by atoms with Crippen molar-refractivity contribution < 1.29 is 9.53 Å². The van der Waals surface area contributed by atoms with Crippen LogP contribution in [0.2, 0.25) is 0 Å². The Balaban J connectivity index is 1.52. The fourth-order valence-corrected chi connectivity index (χ4v) is 4.55. The zero-order valence-corrected chi connectivity index (χ0v) is 17.5. The Bertz CT molecular complexity index is 983. The van der Waals surface area contributed by atoms with E-state index in [4.69, 9.17) is 9.72 Å². The summed E-state index contributed by atoms with van der Waals surface area (Å²) < 4.78 is 5.57. The molecule has 0 bridgehead atoms. The topological polar surface area (TPSA) is 83.1 Å². The molecule has 8 heteroatoms. The normalized spacial score (nSPS) is 17.2. The van der Waals surface area contributed by atoms with Crippen LogP contribution < -0.4 is 10.1 Å². The third-order valence-corrected chi connectivity index (χ3v) is 5.98. The van der Waals surface area contributed by atoms with Gasteiger partial charge in [-0.2, -0.15) is 0 Å². The molecule has 0 aliphatic carbocycles. The van der Waals surface area contributed by atoms with E-state index in [9.17, 15) is 4.79 Å². The average molecular weight is 412 g/mol. The Hall–Kier alpha value is -2.71. The summed E-state index contributed by atoms with van der Waals surface area (Å²) in [6, 6.07) is 6.16. The number of aryl methyl sites for hydroxylation is 1. The number of methoxy groups -OCH3 is 1. The van der Waals surface area contributed by atoms with E-state index in [1.807, 2.05) is 31.3 Å². The number of hydrogen-bond donors (Lipinski definition) is 2. The average Bonchev–Trinajstić information content (AvgIpc) is 3.38. The standard InChI is InChI=1S/C21H25N5O2S/c1-14-12-22-20(23-14)16-7-6-15(11-19(16)28-2)24-21-25-17(13-29-21)18-5-3-4-8-26(18)9-10-27/h6-7,10-13,18H,3-5,8-9H2,1-2H3,(H,22,23)(H,24,25). The van der Waals surface area contributed by atoms with Gasteiger partial charge < -0.3 is 19.8 Å². The fourth-order valence-electron chi connectivity index (χ4n) is 3.78. The molecule has 1 unspecified atom stereocenters. The van der Waals surface area contributed by atoms with Gasteiger partial charge in [-0.25, -0.2) is 9.97 Å². The Kier molecular flexibility index (Phi) is 5.92. The lowest BCUT2D eigenvalue weighted by molar-refractivity contribution is -0.109. The highest BCUT2D eigenvalue weighted by molar-refractivity contribution is 7.13. The van der Waals surface area contributed by atoms with E-state index in [-0.39, 0.29) is 6.04 Å². The number of thiazole rings is 1. The lowest BCUT2D eigenvalue weighted by Gasteiger charge is -2.33. The number of ether oxygens (including phenoxy) is 1. The van der Waals surface area contributed by atoms with Gasteiger partial charge in [-0.1, -0.05) is 6.42 Å². The Morgan fingerprint density at radius 3 is 3.03 bits per heavy atom. The number of aldehydes is 1. The third kappa shape index (κ3) is 4.33. The van der Waals surface area contributed by atoms with Gasteiger partial charge in [-0.05, 0) is 38.4 Å². The highest BCUT2D eigenvalue weighted by atomic mass is 32.1. The summed E-state index contributed by atoms with van der Waals surface area (Å²) in [6.45, 7) is 3.37. The highest BCUT2D eigenvalue weighted by Crippen LogP contribution is 2.35. The number of likely N-dealkylation sites (tertiary alicyclic amines) is 1. The molecule has 0 spiro atoms. The van der Waals surface area contributed by atoms with Gasteiger partial charge in [0, 0.05) is 23.3 Å². The van der Waals surface area contributed by atoms with Crippen molar-refractivity contribution in [3.63, 3.8) is 0 Å². The van der Waals surface area contributed by atoms with Crippen LogP contribution in [0.1, 0.15) is 36.7 Å². The van der Waals surface area contributed by atoms with Crippen LogP contribution in [0, 0.1) is 6.92 Å². The number of nitrogens with zero attached hydrogens (tertiary/aromatic N) is 3. The zero-order chi connectivity index (χ0) is 20.2. The molecule has 1 aliphatic heterocycles. The summed E-state index contributed by atoms with van der Waals surface area (Å²) in [7, 11) is 1.66. The van der Waals surface area contributed by atoms with E-state index in [0.717, 1.165) is 65.0 Å². The van der Waals surface area contributed by atoms with Gasteiger partial charge in [-0.3, -0.25) is 4.90 Å². The van der Waals surface area contributed by atoms with Crippen LogP contribution >= 0.6 is 11.3 Å². The van der Waals surface area contributed by atoms with Gasteiger partial charge in [0.2, 0.25) is 0 Å². The van der Waals surface area contributed by atoms with Gasteiger partial charge in [0.05, 0.1) is 36.6 Å². The molecule has 0 radical (unpaired) electrons. The predicted octanol–water partition coefficient (Wildman–Crippen LogP) is 4.32. The molecule has 7 nitrogen and oxygen atoms in total. The number of rotatable bonds is 7. The molecule has 2 aromatic heterocycles. The van der Waals surface area contributed by atoms with Gasteiger partial charge in [0.15, 0.2) is 5.13 Å². The molecule has 152 valence electrons. The van der Waals surface area contributed by atoms with Gasteiger partial charge >= 0.3 is 0 Å². The Labute approximate surface area is 174 Å². The van der Waals surface area contributed by atoms with Crippen molar-refractivity contribution in [3.05, 3.63) is 41.2 Å². The lowest BCUT2D eigenvalue weighted by Crippen LogP contribution is -2.34. The van der Waals surface area contributed by atoms with Crippen molar-refractivity contribution in [3.8, 4) is 17.1 Å². The maximum atomic E-state index is 11.0. The number of aromatic nitrogens is 3. The number of imidazole rings is 1. The van der Waals surface area contributed by atoms with Crippen LogP contribution in [0.3, 0.4) is 0 Å². The van der Waals surface area contributed by atoms with E-state index in [0.29, 0.717) is 6.54 Å². The molecule has 1 aromatic carbocycles. The van der Waals surface area contributed by atoms with Crippen molar-refractivity contribution in [2.45, 2.75) is 32.2 Å². The largest absolute Gasteiger partial charge is 0.496 e. The first-order valence-corrected chi connectivity index (χ1v) is 10.7. The summed E-state index contributed by atoms with van der Waals surface area (Å²) in [4.78, 5) is 25.7. The van der Waals surface area contributed by atoms with Crippen molar-refractivity contribution in [2.75, 3.05) is 25.5 Å². The molecule has 29 heavy (non-hydrogen) atoms. The number of carbonyl (C=O) groups is 1. The molecule has 3 aromatic rings. The van der Waals surface area contributed by atoms with Crippen molar-refractivity contribution in [2.24, 2.45) is 0 Å². The molecule has 1 aliphatic rings. The molecule has 1 atom stereocenters. The summed E-state index contributed by atoms with van der Waals surface area (Å²) in [5.41, 5.74) is 3.79. The Morgan fingerprint density at radius 2 is 2.28 bits per heavy atom. The first-order valence-electron chi connectivity index (χ1n) is 9.78. The highest BCUT2D eigenvalue weighted by Gasteiger charge is 2.25. The maximum absolute atomic E-state index is 11.0. The molecule has 0 amide bonds. The van der Waals surface area contributed by atoms with Gasteiger partial charge in [0.1, 0.15) is 17.9 Å². The minimum absolute atomic E-state index is 0.222. The van der Waals surface area contributed by atoms with Crippen molar-refractivity contribution >= 4 is 28.4 Å². The summed E-state index contributed by atoms with van der Waals surface area (Å²) in [6.07, 6.45) is 6.21. The Morgan fingerprint density at radius 1 is 1.38 bits per heavy atom. The number of anilines is 2. The van der Waals surface area contributed by atoms with Crippen molar-refractivity contribution in [1.29, 1.82) is 0 Å². The predicted molar refractivity (Wildman–Crippen MR) is 115 cm³/mol. The summed E-state index contributed by atoms with van der Waals surface area (Å²) in [5, 5.41) is 6.30. The minimum Gasteiger partial charge on any atom is -0.496 e. The smallest absolute Gasteiger partial charge is 0.187 e. The lowest BCUT2D eigenvalue weighted by atomic mass is 10.0. The van der Waals surface area contributed by atoms with Crippen LogP contribution in [0.15, 0.2) is 29.8 Å². The van der Waals surface area contributed by atoms with E-state index in [1.54, 1.807) is 18.4 Å². The van der Waals surface area contributed by atoms with Crippen LogP contribution in [-0.4, -0.2) is 46.3 Å². The quantitative estimate of drug-likeness (QED) is 0.564.